The van der Waals surface area contributed by atoms with Crippen LogP contribution in [0.1, 0.15) is 12.5 Å². The molecule has 0 spiro atoms. The SMILES string of the molecule is COc1ccc(/C=C2/C(=O)N(c3ccc([N+](=O)[O-])cc3)N=C2C)c(OC)c1. The summed E-state index contributed by atoms with van der Waals surface area (Å²) in [5.74, 6) is 0.889. The summed E-state index contributed by atoms with van der Waals surface area (Å²) in [6.45, 7) is 1.73. The van der Waals surface area contributed by atoms with Gasteiger partial charge in [0.1, 0.15) is 11.5 Å². The van der Waals surface area contributed by atoms with Crippen LogP contribution >= 0.6 is 0 Å². The number of nitro benzene ring substituents is 1. The summed E-state index contributed by atoms with van der Waals surface area (Å²) in [4.78, 5) is 23.1. The van der Waals surface area contributed by atoms with Crippen molar-refractivity contribution in [2.45, 2.75) is 6.92 Å². The number of anilines is 1. The molecule has 8 heteroatoms. The number of amides is 1. The van der Waals surface area contributed by atoms with E-state index < -0.39 is 4.92 Å². The van der Waals surface area contributed by atoms with E-state index in [1.54, 1.807) is 38.3 Å². The van der Waals surface area contributed by atoms with Crippen LogP contribution in [0.15, 0.2) is 53.1 Å². The third kappa shape index (κ3) is 3.50. The van der Waals surface area contributed by atoms with Gasteiger partial charge in [-0.1, -0.05) is 0 Å². The van der Waals surface area contributed by atoms with E-state index in [2.05, 4.69) is 5.10 Å². The number of nitrogens with zero attached hydrogens (tertiary/aromatic N) is 3. The second-order valence-corrected chi connectivity index (χ2v) is 5.74. The Kier molecular flexibility index (Phi) is 4.89. The minimum atomic E-state index is -0.495. The third-order valence-corrected chi connectivity index (χ3v) is 4.11. The van der Waals surface area contributed by atoms with Crippen LogP contribution in [0.25, 0.3) is 6.08 Å². The Labute approximate surface area is 155 Å². The van der Waals surface area contributed by atoms with Gasteiger partial charge in [0.2, 0.25) is 0 Å². The smallest absolute Gasteiger partial charge is 0.280 e. The number of ether oxygens (including phenoxy) is 2. The number of methoxy groups -OCH3 is 2. The average Bonchev–Trinajstić information content (AvgIpc) is 2.96. The number of benzene rings is 2. The number of carbonyl (C=O) groups excluding carboxylic acids is 1. The zero-order chi connectivity index (χ0) is 19.6. The molecule has 2 aromatic rings. The number of hydrogen-bond acceptors (Lipinski definition) is 6. The van der Waals surface area contributed by atoms with Gasteiger partial charge in [-0.2, -0.15) is 10.1 Å². The lowest BCUT2D eigenvalue weighted by atomic mass is 10.1. The first-order valence-corrected chi connectivity index (χ1v) is 8.03. The van der Waals surface area contributed by atoms with Gasteiger partial charge in [-0.05, 0) is 37.3 Å². The first kappa shape index (κ1) is 18.1. The third-order valence-electron chi connectivity index (χ3n) is 4.11. The molecule has 0 bridgehead atoms. The number of rotatable bonds is 5. The lowest BCUT2D eigenvalue weighted by Gasteiger charge is -2.11. The molecule has 3 rings (SSSR count). The van der Waals surface area contributed by atoms with E-state index in [0.717, 1.165) is 0 Å². The zero-order valence-corrected chi connectivity index (χ0v) is 15.0. The van der Waals surface area contributed by atoms with Gasteiger partial charge in [-0.3, -0.25) is 14.9 Å². The first-order valence-electron chi connectivity index (χ1n) is 8.03. The highest BCUT2D eigenvalue weighted by molar-refractivity contribution is 6.32. The van der Waals surface area contributed by atoms with E-state index in [-0.39, 0.29) is 11.6 Å². The van der Waals surface area contributed by atoms with Crippen LogP contribution in [0.3, 0.4) is 0 Å². The molecule has 0 atom stereocenters. The van der Waals surface area contributed by atoms with Crippen molar-refractivity contribution in [3.05, 3.63) is 63.7 Å². The average molecular weight is 367 g/mol. The standard InChI is InChI=1S/C19H17N3O5/c1-12-17(10-13-4-9-16(26-2)11-18(13)27-3)19(23)21(20-12)14-5-7-15(8-6-14)22(24)25/h4-11H,1-3H3/b17-10+. The Morgan fingerprint density at radius 3 is 2.41 bits per heavy atom. The lowest BCUT2D eigenvalue weighted by molar-refractivity contribution is -0.384. The maximum atomic E-state index is 12.8. The highest BCUT2D eigenvalue weighted by Crippen LogP contribution is 2.30. The van der Waals surface area contributed by atoms with Gasteiger partial charge in [0.15, 0.2) is 0 Å². The summed E-state index contributed by atoms with van der Waals surface area (Å²) >= 11 is 0. The van der Waals surface area contributed by atoms with Crippen LogP contribution in [-0.2, 0) is 4.79 Å². The van der Waals surface area contributed by atoms with Gasteiger partial charge >= 0.3 is 0 Å². The fraction of sp³-hybridized carbons (Fsp3) is 0.158. The minimum Gasteiger partial charge on any atom is -0.497 e. The van der Waals surface area contributed by atoms with Crippen molar-refractivity contribution in [3.8, 4) is 11.5 Å². The highest BCUT2D eigenvalue weighted by atomic mass is 16.6. The fourth-order valence-electron chi connectivity index (χ4n) is 2.67. The second-order valence-electron chi connectivity index (χ2n) is 5.74. The summed E-state index contributed by atoms with van der Waals surface area (Å²) in [7, 11) is 3.10. The van der Waals surface area contributed by atoms with E-state index in [0.29, 0.717) is 34.0 Å². The van der Waals surface area contributed by atoms with Crippen molar-refractivity contribution in [1.29, 1.82) is 0 Å². The van der Waals surface area contributed by atoms with E-state index in [1.165, 1.54) is 36.4 Å². The molecule has 8 nitrogen and oxygen atoms in total. The Bertz CT molecular complexity index is 964. The summed E-state index contributed by atoms with van der Waals surface area (Å²) in [5, 5.41) is 16.3. The molecule has 0 radical (unpaired) electrons. The molecule has 1 aliphatic rings. The first-order chi connectivity index (χ1) is 12.9. The molecule has 1 amide bonds. The van der Waals surface area contributed by atoms with Crippen molar-refractivity contribution in [2.75, 3.05) is 19.2 Å². The van der Waals surface area contributed by atoms with Crippen LogP contribution in [0.4, 0.5) is 11.4 Å². The molecule has 1 heterocycles. The minimum absolute atomic E-state index is 0.0511. The van der Waals surface area contributed by atoms with Crippen LogP contribution in [0, 0.1) is 10.1 Å². The van der Waals surface area contributed by atoms with Crippen molar-refractivity contribution in [3.63, 3.8) is 0 Å². The topological polar surface area (TPSA) is 94.3 Å². The van der Waals surface area contributed by atoms with Crippen LogP contribution in [0.5, 0.6) is 11.5 Å². The molecule has 0 fully saturated rings. The largest absolute Gasteiger partial charge is 0.497 e. The monoisotopic (exact) mass is 367 g/mol. The molecular formula is C19H17N3O5. The molecule has 2 aromatic carbocycles. The van der Waals surface area contributed by atoms with Crippen molar-refractivity contribution in [1.82, 2.24) is 0 Å². The number of hydrogen-bond donors (Lipinski definition) is 0. The highest BCUT2D eigenvalue weighted by Gasteiger charge is 2.29. The lowest BCUT2D eigenvalue weighted by Crippen LogP contribution is -2.21. The van der Waals surface area contributed by atoms with Gasteiger partial charge in [0.25, 0.3) is 11.6 Å². The van der Waals surface area contributed by atoms with Crippen molar-refractivity contribution in [2.24, 2.45) is 5.10 Å². The number of nitro groups is 1. The zero-order valence-electron chi connectivity index (χ0n) is 15.0. The molecule has 0 saturated heterocycles. The molecule has 0 N–H and O–H groups in total. The fourth-order valence-corrected chi connectivity index (χ4v) is 2.67. The van der Waals surface area contributed by atoms with Crippen molar-refractivity contribution < 1.29 is 19.2 Å². The second kappa shape index (κ2) is 7.28. The quantitative estimate of drug-likeness (QED) is 0.458. The predicted octanol–water partition coefficient (Wildman–Crippen LogP) is 3.42. The molecule has 0 unspecified atom stereocenters. The predicted molar refractivity (Wildman–Crippen MR) is 101 cm³/mol. The van der Waals surface area contributed by atoms with Crippen LogP contribution in [-0.4, -0.2) is 30.8 Å². The van der Waals surface area contributed by atoms with Crippen molar-refractivity contribution >= 4 is 29.1 Å². The molecule has 0 aliphatic carbocycles. The van der Waals surface area contributed by atoms with Gasteiger partial charge in [0.05, 0.1) is 36.1 Å². The van der Waals surface area contributed by atoms with Crippen LogP contribution < -0.4 is 14.5 Å². The van der Waals surface area contributed by atoms with E-state index >= 15 is 0 Å². The Morgan fingerprint density at radius 2 is 1.81 bits per heavy atom. The van der Waals surface area contributed by atoms with Gasteiger partial charge in [-0.15, -0.1) is 0 Å². The number of carbonyl (C=O) groups is 1. The van der Waals surface area contributed by atoms with Crippen LogP contribution in [0.2, 0.25) is 0 Å². The van der Waals surface area contributed by atoms with Gasteiger partial charge in [0, 0.05) is 23.8 Å². The normalized spacial score (nSPS) is 15.1. The Hall–Kier alpha value is -3.68. The number of non-ortho nitro benzene ring substituents is 1. The summed E-state index contributed by atoms with van der Waals surface area (Å²) < 4.78 is 10.5. The Balaban J connectivity index is 1.93. The van der Waals surface area contributed by atoms with E-state index in [9.17, 15) is 14.9 Å². The van der Waals surface area contributed by atoms with Gasteiger partial charge < -0.3 is 9.47 Å². The van der Waals surface area contributed by atoms with E-state index in [1.807, 2.05) is 0 Å². The summed E-state index contributed by atoms with van der Waals surface area (Å²) in [6, 6.07) is 10.9. The maximum absolute atomic E-state index is 12.8. The molecule has 27 heavy (non-hydrogen) atoms. The van der Waals surface area contributed by atoms with E-state index in [4.69, 9.17) is 9.47 Å². The molecule has 138 valence electrons. The maximum Gasteiger partial charge on any atom is 0.280 e. The van der Waals surface area contributed by atoms with Gasteiger partial charge in [-0.25, -0.2) is 0 Å². The number of hydrazone groups is 1. The summed E-state index contributed by atoms with van der Waals surface area (Å²) in [5.41, 5.74) is 2.06. The summed E-state index contributed by atoms with van der Waals surface area (Å²) in [6.07, 6.45) is 1.70. The molecular weight excluding hydrogens is 350 g/mol. The molecule has 0 aromatic heterocycles. The Morgan fingerprint density at radius 1 is 1.11 bits per heavy atom. The molecule has 1 aliphatic heterocycles. The molecule has 0 saturated carbocycles.